The number of carbonyl (C=O) groups is 1. The van der Waals surface area contributed by atoms with Crippen molar-refractivity contribution in [3.05, 3.63) is 48.2 Å². The van der Waals surface area contributed by atoms with Crippen molar-refractivity contribution in [1.29, 1.82) is 0 Å². The van der Waals surface area contributed by atoms with Crippen molar-refractivity contribution in [2.24, 2.45) is 0 Å². The Balaban J connectivity index is 0.00000144. The fourth-order valence-corrected chi connectivity index (χ4v) is 2.48. The van der Waals surface area contributed by atoms with Crippen LogP contribution in [0, 0.1) is 0 Å². The van der Waals surface area contributed by atoms with Crippen molar-refractivity contribution < 1.29 is 18.6 Å². The second-order valence-corrected chi connectivity index (χ2v) is 5.77. The molecular weight excluding hydrogens is 312 g/mol. The number of nitrogens with one attached hydrogen (secondary N) is 1. The highest BCUT2D eigenvalue weighted by Gasteiger charge is 2.28. The molecule has 23 heavy (non-hydrogen) atoms. The van der Waals surface area contributed by atoms with Gasteiger partial charge in [0.1, 0.15) is 5.82 Å². The van der Waals surface area contributed by atoms with Gasteiger partial charge >= 0.3 is 1.43 Å². The van der Waals surface area contributed by atoms with Gasteiger partial charge in [-0.15, -0.1) is 0 Å². The first kappa shape index (κ1) is 17.2. The molecule has 122 valence electrons. The van der Waals surface area contributed by atoms with Crippen LogP contribution in [0.5, 0.6) is 0 Å². The third-order valence-electron chi connectivity index (χ3n) is 4.06. The smallest absolute Gasteiger partial charge is 1.00 e. The summed E-state index contributed by atoms with van der Waals surface area (Å²) in [5.41, 5.74) is 2.39. The van der Waals surface area contributed by atoms with E-state index in [0.29, 0.717) is 17.9 Å². The molecule has 0 fully saturated rings. The second-order valence-electron chi connectivity index (χ2n) is 5.77. The molecular formula is C17H21ClN4O. The fourth-order valence-electron chi connectivity index (χ4n) is 2.48. The standard InChI is InChI=1S/C17H20N4O.ClH/c1-12(20(2)3)11-21-15-9-5-4-8-14(15)19-16-13(17(21)22)7-6-10-18-16;/h4-10,12H,11H2,1-3H3,(H,18,19);1H. The number of pyridine rings is 1. The van der Waals surface area contributed by atoms with Gasteiger partial charge in [-0.05, 0) is 45.3 Å². The molecule has 1 aliphatic heterocycles. The molecule has 1 N–H and O–H groups in total. The van der Waals surface area contributed by atoms with Crippen LogP contribution in [0.4, 0.5) is 17.2 Å². The lowest BCUT2D eigenvalue weighted by molar-refractivity contribution is -0.0000123. The van der Waals surface area contributed by atoms with Crippen LogP contribution in [-0.4, -0.2) is 42.5 Å². The van der Waals surface area contributed by atoms with Crippen LogP contribution < -0.4 is 22.6 Å². The Bertz CT molecular complexity index is 710. The van der Waals surface area contributed by atoms with Crippen molar-refractivity contribution in [3.63, 3.8) is 0 Å². The summed E-state index contributed by atoms with van der Waals surface area (Å²) in [6.07, 6.45) is 1.69. The van der Waals surface area contributed by atoms with E-state index in [1.807, 2.05) is 49.3 Å². The van der Waals surface area contributed by atoms with E-state index in [1.165, 1.54) is 0 Å². The van der Waals surface area contributed by atoms with E-state index in [9.17, 15) is 4.79 Å². The van der Waals surface area contributed by atoms with Gasteiger partial charge in [-0.3, -0.25) is 4.79 Å². The Morgan fingerprint density at radius 1 is 1.26 bits per heavy atom. The Labute approximate surface area is 144 Å². The van der Waals surface area contributed by atoms with Gasteiger partial charge in [-0.1, -0.05) is 12.1 Å². The van der Waals surface area contributed by atoms with E-state index in [-0.39, 0.29) is 25.8 Å². The zero-order valence-corrected chi connectivity index (χ0v) is 14.2. The molecule has 1 amide bonds. The molecule has 0 bridgehead atoms. The van der Waals surface area contributed by atoms with Crippen LogP contribution in [0.25, 0.3) is 0 Å². The van der Waals surface area contributed by atoms with Gasteiger partial charge in [0.15, 0.2) is 0 Å². The van der Waals surface area contributed by atoms with Gasteiger partial charge in [-0.25, -0.2) is 4.98 Å². The van der Waals surface area contributed by atoms with Crippen LogP contribution in [-0.2, 0) is 0 Å². The first-order valence-electron chi connectivity index (χ1n) is 7.37. The Morgan fingerprint density at radius 3 is 2.74 bits per heavy atom. The van der Waals surface area contributed by atoms with E-state index >= 15 is 0 Å². The molecule has 1 aliphatic rings. The summed E-state index contributed by atoms with van der Waals surface area (Å²) in [6, 6.07) is 11.7. The average molecular weight is 333 g/mol. The van der Waals surface area contributed by atoms with Crippen LogP contribution >= 0.6 is 0 Å². The van der Waals surface area contributed by atoms with E-state index in [1.54, 1.807) is 12.3 Å². The minimum atomic E-state index is -0.0192. The number of hydrogen-bond donors (Lipinski definition) is 1. The molecule has 0 radical (unpaired) electrons. The summed E-state index contributed by atoms with van der Waals surface area (Å²) in [4.78, 5) is 21.2. The first-order chi connectivity index (χ1) is 10.6. The number of nitrogens with zero attached hydrogens (tertiary/aromatic N) is 3. The molecule has 0 saturated heterocycles. The number of amides is 1. The minimum Gasteiger partial charge on any atom is -1.00 e. The van der Waals surface area contributed by atoms with Crippen LogP contribution in [0.2, 0.25) is 0 Å². The zero-order valence-electron chi connectivity index (χ0n) is 14.5. The van der Waals surface area contributed by atoms with Gasteiger partial charge in [0, 0.05) is 18.8 Å². The van der Waals surface area contributed by atoms with Crippen molar-refractivity contribution in [3.8, 4) is 0 Å². The summed E-state index contributed by atoms with van der Waals surface area (Å²) in [6.45, 7) is 2.73. The predicted octanol–water partition coefficient (Wildman–Crippen LogP) is -0.148. The van der Waals surface area contributed by atoms with E-state index in [0.717, 1.165) is 11.4 Å². The third-order valence-corrected chi connectivity index (χ3v) is 4.06. The van der Waals surface area contributed by atoms with Crippen molar-refractivity contribution in [1.82, 2.24) is 9.88 Å². The largest absolute Gasteiger partial charge is 1.00 e. The van der Waals surface area contributed by atoms with Crippen molar-refractivity contribution >= 4 is 23.1 Å². The quantitative estimate of drug-likeness (QED) is 0.849. The number of aromatic nitrogens is 1. The highest BCUT2D eigenvalue weighted by Crippen LogP contribution is 2.34. The maximum Gasteiger partial charge on any atom is 1.00 e. The Kier molecular flexibility index (Phi) is 5.23. The highest BCUT2D eigenvalue weighted by molar-refractivity contribution is 6.12. The molecule has 0 spiro atoms. The number of rotatable bonds is 3. The fraction of sp³-hybridized carbons (Fsp3) is 0.294. The number of benzene rings is 1. The molecule has 0 saturated carbocycles. The maximum atomic E-state index is 13.0. The van der Waals surface area contributed by atoms with Gasteiger partial charge in [0.25, 0.3) is 5.91 Å². The lowest BCUT2D eigenvalue weighted by Crippen LogP contribution is -3.00. The number of fused-ring (bicyclic) bond motifs is 2. The van der Waals surface area contributed by atoms with E-state index in [4.69, 9.17) is 0 Å². The topological polar surface area (TPSA) is 48.5 Å². The second kappa shape index (κ2) is 6.98. The SMILES string of the molecule is CC(CN1C(=O)c2cccnc2Nc2ccccc21)N(C)C.[Cl-].[H+]. The molecule has 1 atom stereocenters. The Hall–Kier alpha value is -2.11. The number of hydrogen-bond acceptors (Lipinski definition) is 4. The lowest BCUT2D eigenvalue weighted by Gasteiger charge is -2.29. The number of anilines is 3. The summed E-state index contributed by atoms with van der Waals surface area (Å²) < 4.78 is 0. The van der Waals surface area contributed by atoms with Crippen molar-refractivity contribution in [2.45, 2.75) is 13.0 Å². The van der Waals surface area contributed by atoms with Gasteiger partial charge in [0.2, 0.25) is 0 Å². The van der Waals surface area contributed by atoms with Crippen molar-refractivity contribution in [2.75, 3.05) is 30.9 Å². The third kappa shape index (κ3) is 3.30. The highest BCUT2D eigenvalue weighted by atomic mass is 35.5. The van der Waals surface area contributed by atoms with Crippen LogP contribution in [0.1, 0.15) is 18.7 Å². The molecule has 2 aromatic rings. The lowest BCUT2D eigenvalue weighted by atomic mass is 10.2. The predicted molar refractivity (Wildman–Crippen MR) is 89.9 cm³/mol. The average Bonchev–Trinajstić information content (AvgIpc) is 2.63. The van der Waals surface area contributed by atoms with Crippen LogP contribution in [0.15, 0.2) is 42.6 Å². The normalized spacial score (nSPS) is 14.3. The molecule has 2 heterocycles. The molecule has 1 aromatic carbocycles. The molecule has 0 aliphatic carbocycles. The van der Waals surface area contributed by atoms with Gasteiger partial charge in [-0.2, -0.15) is 0 Å². The summed E-state index contributed by atoms with van der Waals surface area (Å²) in [5.74, 6) is 0.592. The first-order valence-corrected chi connectivity index (χ1v) is 7.37. The van der Waals surface area contributed by atoms with E-state index in [2.05, 4.69) is 22.1 Å². The molecule has 1 aromatic heterocycles. The summed E-state index contributed by atoms with van der Waals surface area (Å²) in [5, 5.41) is 3.28. The molecule has 1 unspecified atom stereocenters. The van der Waals surface area contributed by atoms with Gasteiger partial charge in [0.05, 0.1) is 16.9 Å². The maximum absolute atomic E-state index is 13.0. The number of para-hydroxylation sites is 2. The number of carbonyl (C=O) groups excluding carboxylic acids is 1. The zero-order chi connectivity index (χ0) is 15.7. The van der Waals surface area contributed by atoms with Gasteiger partial charge < -0.3 is 27.5 Å². The molecule has 6 heteroatoms. The summed E-state index contributed by atoms with van der Waals surface area (Å²) >= 11 is 0. The molecule has 5 nitrogen and oxygen atoms in total. The Morgan fingerprint density at radius 2 is 2.00 bits per heavy atom. The van der Waals surface area contributed by atoms with Crippen LogP contribution in [0.3, 0.4) is 0 Å². The number of likely N-dealkylation sites (N-methyl/N-ethyl adjacent to an activating group) is 1. The molecule has 3 rings (SSSR count). The summed E-state index contributed by atoms with van der Waals surface area (Å²) in [7, 11) is 4.04. The number of halogens is 1. The minimum absolute atomic E-state index is 0. The monoisotopic (exact) mass is 332 g/mol. The van der Waals surface area contributed by atoms with E-state index < -0.39 is 0 Å².